The monoisotopic (exact) mass is 406 g/mol. The first-order chi connectivity index (χ1) is 14.5. The molecule has 30 heavy (non-hydrogen) atoms. The minimum Gasteiger partial charge on any atom is -0.449 e. The number of nitrogens with one attached hydrogen (secondary N) is 1. The highest BCUT2D eigenvalue weighted by molar-refractivity contribution is 5.79. The Morgan fingerprint density at radius 1 is 1.03 bits per heavy atom. The van der Waals surface area contributed by atoms with E-state index in [1.165, 1.54) is 12.2 Å². The number of nitrogen functional groups attached to an aromatic ring is 1. The van der Waals surface area contributed by atoms with Gasteiger partial charge in [-0.2, -0.15) is 0 Å². The first kappa shape index (κ1) is 19.6. The predicted molar refractivity (Wildman–Crippen MR) is 113 cm³/mol. The van der Waals surface area contributed by atoms with Gasteiger partial charge < -0.3 is 15.8 Å². The number of carbonyl (C=O) groups excluding carboxylic acids is 1. The van der Waals surface area contributed by atoms with Crippen LogP contribution in [-0.4, -0.2) is 19.2 Å². The smallest absolute Gasteiger partial charge is 0.407 e. The lowest BCUT2D eigenvalue weighted by atomic mass is 9.98. The molecule has 0 aromatic heterocycles. The number of nitrogens with two attached hydrogens (primary N) is 1. The van der Waals surface area contributed by atoms with Gasteiger partial charge in [0.1, 0.15) is 18.2 Å². The summed E-state index contributed by atoms with van der Waals surface area (Å²) in [5.41, 5.74) is 10.3. The molecule has 3 N–H and O–H groups in total. The zero-order chi connectivity index (χ0) is 21.1. The van der Waals surface area contributed by atoms with E-state index in [2.05, 4.69) is 17.4 Å². The molecule has 4 rings (SSSR count). The molecule has 1 amide bonds. The molecule has 6 heteroatoms. The van der Waals surface area contributed by atoms with Crippen molar-refractivity contribution in [3.8, 4) is 11.1 Å². The molecule has 0 aliphatic heterocycles. The average Bonchev–Trinajstić information content (AvgIpc) is 3.05. The summed E-state index contributed by atoms with van der Waals surface area (Å²) in [6.07, 6.45) is 2.34. The van der Waals surface area contributed by atoms with E-state index in [0.29, 0.717) is 0 Å². The van der Waals surface area contributed by atoms with Crippen LogP contribution in [0.4, 0.5) is 19.3 Å². The highest BCUT2D eigenvalue weighted by Crippen LogP contribution is 2.44. The SMILES string of the molecule is Nc1cc(F)cc(F)c1C=CCNC(=O)OCC1c2ccccc2-c2ccccc21. The number of rotatable bonds is 5. The number of hydrogen-bond donors (Lipinski definition) is 2. The van der Waals surface area contributed by atoms with Gasteiger partial charge in [0.25, 0.3) is 0 Å². The van der Waals surface area contributed by atoms with E-state index >= 15 is 0 Å². The van der Waals surface area contributed by atoms with Gasteiger partial charge in [-0.05, 0) is 28.3 Å². The number of carbonyl (C=O) groups is 1. The number of benzene rings is 3. The summed E-state index contributed by atoms with van der Waals surface area (Å²) in [5.74, 6) is -1.52. The summed E-state index contributed by atoms with van der Waals surface area (Å²) in [4.78, 5) is 12.1. The lowest BCUT2D eigenvalue weighted by molar-refractivity contribution is 0.144. The van der Waals surface area contributed by atoms with Crippen molar-refractivity contribution in [2.75, 3.05) is 18.9 Å². The number of anilines is 1. The highest BCUT2D eigenvalue weighted by Gasteiger charge is 2.28. The Balaban J connectivity index is 1.35. The van der Waals surface area contributed by atoms with Crippen molar-refractivity contribution in [2.45, 2.75) is 5.92 Å². The standard InChI is InChI=1S/C24H20F2N2O2/c25-15-12-22(26)20(23(27)13-15)10-5-11-28-24(29)30-14-21-18-8-3-1-6-16(18)17-7-2-4-9-19(17)21/h1-10,12-13,21H,11,14,27H2,(H,28,29). The second kappa shape index (κ2) is 8.37. The topological polar surface area (TPSA) is 64.3 Å². The van der Waals surface area contributed by atoms with E-state index in [0.717, 1.165) is 34.4 Å². The zero-order valence-corrected chi connectivity index (χ0v) is 16.1. The fourth-order valence-electron chi connectivity index (χ4n) is 3.75. The summed E-state index contributed by atoms with van der Waals surface area (Å²) < 4.78 is 32.3. The molecule has 0 saturated heterocycles. The molecule has 1 aliphatic rings. The van der Waals surface area contributed by atoms with Crippen LogP contribution in [0.3, 0.4) is 0 Å². The maximum absolute atomic E-state index is 13.7. The number of alkyl carbamates (subject to hydrolysis) is 1. The van der Waals surface area contributed by atoms with Crippen LogP contribution in [0.2, 0.25) is 0 Å². The Labute approximate surface area is 173 Å². The summed E-state index contributed by atoms with van der Waals surface area (Å²) >= 11 is 0. The molecule has 0 heterocycles. The van der Waals surface area contributed by atoms with Crippen molar-refractivity contribution in [2.24, 2.45) is 0 Å². The van der Waals surface area contributed by atoms with Gasteiger partial charge in [-0.1, -0.05) is 60.7 Å². The summed E-state index contributed by atoms with van der Waals surface area (Å²) in [6.45, 7) is 0.329. The number of fused-ring (bicyclic) bond motifs is 3. The number of halogens is 2. The molecular weight excluding hydrogens is 386 g/mol. The minimum atomic E-state index is -0.759. The van der Waals surface area contributed by atoms with Crippen molar-refractivity contribution in [1.29, 1.82) is 0 Å². The van der Waals surface area contributed by atoms with Crippen molar-refractivity contribution in [3.63, 3.8) is 0 Å². The van der Waals surface area contributed by atoms with E-state index in [4.69, 9.17) is 10.5 Å². The summed E-state index contributed by atoms with van der Waals surface area (Å²) in [6, 6.07) is 18.0. The Morgan fingerprint density at radius 2 is 1.67 bits per heavy atom. The number of amides is 1. The van der Waals surface area contributed by atoms with Crippen molar-refractivity contribution >= 4 is 17.9 Å². The van der Waals surface area contributed by atoms with E-state index in [1.807, 2.05) is 36.4 Å². The van der Waals surface area contributed by atoms with E-state index < -0.39 is 17.7 Å². The van der Waals surface area contributed by atoms with Crippen LogP contribution in [0.15, 0.2) is 66.7 Å². The molecule has 0 radical (unpaired) electrons. The Morgan fingerprint density at radius 3 is 2.30 bits per heavy atom. The lowest BCUT2D eigenvalue weighted by Gasteiger charge is -2.14. The second-order valence-corrected chi connectivity index (χ2v) is 7.00. The lowest BCUT2D eigenvalue weighted by Crippen LogP contribution is -2.26. The third kappa shape index (κ3) is 3.89. The zero-order valence-electron chi connectivity index (χ0n) is 16.1. The van der Waals surface area contributed by atoms with Gasteiger partial charge in [0.05, 0.1) is 0 Å². The molecule has 0 unspecified atom stereocenters. The molecule has 0 bridgehead atoms. The first-order valence-corrected chi connectivity index (χ1v) is 9.54. The van der Waals surface area contributed by atoms with Crippen LogP contribution in [-0.2, 0) is 4.74 Å². The summed E-state index contributed by atoms with van der Waals surface area (Å²) in [7, 11) is 0. The normalized spacial score (nSPS) is 12.6. The third-order valence-corrected chi connectivity index (χ3v) is 5.12. The average molecular weight is 406 g/mol. The van der Waals surface area contributed by atoms with E-state index in [-0.39, 0.29) is 30.3 Å². The maximum atomic E-state index is 13.7. The molecule has 3 aromatic rings. The molecule has 152 valence electrons. The Bertz CT molecular complexity index is 1060. The Hall–Kier alpha value is -3.67. The number of ether oxygens (including phenoxy) is 1. The third-order valence-electron chi connectivity index (χ3n) is 5.12. The molecule has 0 saturated carbocycles. The van der Waals surface area contributed by atoms with Crippen LogP contribution in [0.1, 0.15) is 22.6 Å². The molecule has 0 spiro atoms. The van der Waals surface area contributed by atoms with Crippen LogP contribution >= 0.6 is 0 Å². The van der Waals surface area contributed by atoms with Gasteiger partial charge >= 0.3 is 6.09 Å². The molecular formula is C24H20F2N2O2. The number of hydrogen-bond acceptors (Lipinski definition) is 3. The van der Waals surface area contributed by atoms with Crippen LogP contribution in [0, 0.1) is 11.6 Å². The largest absolute Gasteiger partial charge is 0.449 e. The van der Waals surface area contributed by atoms with E-state index in [1.54, 1.807) is 0 Å². The molecule has 4 nitrogen and oxygen atoms in total. The summed E-state index contributed by atoms with van der Waals surface area (Å²) in [5, 5.41) is 2.59. The van der Waals surface area contributed by atoms with Crippen LogP contribution in [0.25, 0.3) is 17.2 Å². The van der Waals surface area contributed by atoms with Crippen LogP contribution in [0.5, 0.6) is 0 Å². The minimum absolute atomic E-state index is 0.00936. The second-order valence-electron chi connectivity index (χ2n) is 7.00. The van der Waals surface area contributed by atoms with Crippen molar-refractivity contribution in [1.82, 2.24) is 5.32 Å². The predicted octanol–water partition coefficient (Wildman–Crippen LogP) is 5.10. The maximum Gasteiger partial charge on any atom is 0.407 e. The van der Waals surface area contributed by atoms with Crippen molar-refractivity contribution < 1.29 is 18.3 Å². The van der Waals surface area contributed by atoms with Gasteiger partial charge in [0.2, 0.25) is 0 Å². The highest BCUT2D eigenvalue weighted by atomic mass is 19.1. The van der Waals surface area contributed by atoms with E-state index in [9.17, 15) is 13.6 Å². The van der Waals surface area contributed by atoms with Crippen LogP contribution < -0.4 is 11.1 Å². The molecule has 0 atom stereocenters. The van der Waals surface area contributed by atoms with Gasteiger partial charge in [0.15, 0.2) is 0 Å². The van der Waals surface area contributed by atoms with Gasteiger partial charge in [-0.15, -0.1) is 0 Å². The molecule has 1 aliphatic carbocycles. The molecule has 0 fully saturated rings. The Kier molecular flexibility index (Phi) is 5.48. The first-order valence-electron chi connectivity index (χ1n) is 9.54. The van der Waals surface area contributed by atoms with Gasteiger partial charge in [0, 0.05) is 29.8 Å². The quantitative estimate of drug-likeness (QED) is 0.580. The fourth-order valence-corrected chi connectivity index (χ4v) is 3.75. The van der Waals surface area contributed by atoms with Gasteiger partial charge in [-0.25, -0.2) is 13.6 Å². The van der Waals surface area contributed by atoms with Crippen molar-refractivity contribution in [3.05, 3.63) is 95.1 Å². The van der Waals surface area contributed by atoms with Gasteiger partial charge in [-0.3, -0.25) is 0 Å². The fraction of sp³-hybridized carbons (Fsp3) is 0.125. The molecule has 3 aromatic carbocycles.